The second-order valence-electron chi connectivity index (χ2n) is 6.29. The predicted molar refractivity (Wildman–Crippen MR) is 95.6 cm³/mol. The molecule has 1 fully saturated rings. The van der Waals surface area contributed by atoms with E-state index in [1.54, 1.807) is 12.1 Å². The average Bonchev–Trinajstić information content (AvgIpc) is 2.68. The third kappa shape index (κ3) is 4.88. The van der Waals surface area contributed by atoms with Crippen LogP contribution in [0.4, 0.5) is 0 Å². The SMILES string of the molecule is N#Cc1ccc(CCC(=O)N2CCN(Cc3ccccn3)CC2)cc1. The standard InChI is InChI=1S/C20H22N4O/c21-15-18-6-4-17(5-7-18)8-9-20(25)24-13-11-23(12-14-24)16-19-3-1-2-10-22-19/h1-7,10H,8-9,11-14,16H2. The zero-order chi connectivity index (χ0) is 17.5. The molecule has 0 N–H and O–H groups in total. The summed E-state index contributed by atoms with van der Waals surface area (Å²) in [5, 5.41) is 8.81. The minimum atomic E-state index is 0.210. The quantitative estimate of drug-likeness (QED) is 0.841. The zero-order valence-electron chi connectivity index (χ0n) is 14.3. The van der Waals surface area contributed by atoms with Crippen molar-refractivity contribution < 1.29 is 4.79 Å². The molecular weight excluding hydrogens is 312 g/mol. The Bertz CT molecular complexity index is 729. The van der Waals surface area contributed by atoms with E-state index in [4.69, 9.17) is 5.26 Å². The number of rotatable bonds is 5. The van der Waals surface area contributed by atoms with Crippen LogP contribution in [0, 0.1) is 11.3 Å². The lowest BCUT2D eigenvalue weighted by atomic mass is 10.1. The van der Waals surface area contributed by atoms with Crippen molar-refractivity contribution in [2.45, 2.75) is 19.4 Å². The van der Waals surface area contributed by atoms with Gasteiger partial charge in [-0.3, -0.25) is 14.7 Å². The largest absolute Gasteiger partial charge is 0.340 e. The Kier molecular flexibility index (Phi) is 5.76. The second-order valence-corrected chi connectivity index (χ2v) is 6.29. The number of piperazine rings is 1. The molecular formula is C20H22N4O. The molecule has 5 heteroatoms. The molecule has 0 saturated carbocycles. The third-order valence-corrected chi connectivity index (χ3v) is 4.55. The lowest BCUT2D eigenvalue weighted by Gasteiger charge is -2.34. The van der Waals surface area contributed by atoms with Gasteiger partial charge in [0.2, 0.25) is 5.91 Å². The Morgan fingerprint density at radius 1 is 1.08 bits per heavy atom. The van der Waals surface area contributed by atoms with E-state index in [0.717, 1.165) is 50.4 Å². The first kappa shape index (κ1) is 17.1. The van der Waals surface area contributed by atoms with Gasteiger partial charge in [0.1, 0.15) is 0 Å². The maximum Gasteiger partial charge on any atom is 0.222 e. The summed E-state index contributed by atoms with van der Waals surface area (Å²) in [5.74, 6) is 0.210. The van der Waals surface area contributed by atoms with E-state index in [-0.39, 0.29) is 5.91 Å². The highest BCUT2D eigenvalue weighted by molar-refractivity contribution is 5.76. The summed E-state index contributed by atoms with van der Waals surface area (Å²) in [4.78, 5) is 21.1. The number of pyridine rings is 1. The van der Waals surface area contributed by atoms with Gasteiger partial charge in [-0.25, -0.2) is 0 Å². The van der Waals surface area contributed by atoms with Gasteiger partial charge in [-0.05, 0) is 36.2 Å². The van der Waals surface area contributed by atoms with E-state index < -0.39 is 0 Å². The van der Waals surface area contributed by atoms with E-state index in [9.17, 15) is 4.79 Å². The van der Waals surface area contributed by atoms with Gasteiger partial charge in [-0.2, -0.15) is 5.26 Å². The molecule has 0 atom stereocenters. The molecule has 1 aromatic carbocycles. The van der Waals surface area contributed by atoms with Crippen LogP contribution < -0.4 is 0 Å². The highest BCUT2D eigenvalue weighted by atomic mass is 16.2. The Morgan fingerprint density at radius 2 is 1.84 bits per heavy atom. The number of hydrogen-bond donors (Lipinski definition) is 0. The summed E-state index contributed by atoms with van der Waals surface area (Å²) < 4.78 is 0. The number of amides is 1. The second kappa shape index (κ2) is 8.41. The number of aryl methyl sites for hydroxylation is 1. The fraction of sp³-hybridized carbons (Fsp3) is 0.350. The minimum absolute atomic E-state index is 0.210. The molecule has 1 aliphatic heterocycles. The highest BCUT2D eigenvalue weighted by Gasteiger charge is 2.21. The van der Waals surface area contributed by atoms with Crippen molar-refractivity contribution in [2.75, 3.05) is 26.2 Å². The monoisotopic (exact) mass is 334 g/mol. The first-order chi connectivity index (χ1) is 12.2. The average molecular weight is 334 g/mol. The van der Waals surface area contributed by atoms with Crippen LogP contribution in [0.1, 0.15) is 23.2 Å². The van der Waals surface area contributed by atoms with Crippen LogP contribution in [0.5, 0.6) is 0 Å². The van der Waals surface area contributed by atoms with Crippen LogP contribution in [0.3, 0.4) is 0 Å². The summed E-state index contributed by atoms with van der Waals surface area (Å²) in [6.45, 7) is 4.17. The fourth-order valence-corrected chi connectivity index (χ4v) is 3.03. The first-order valence-electron chi connectivity index (χ1n) is 8.63. The van der Waals surface area contributed by atoms with Crippen LogP contribution in [-0.2, 0) is 17.8 Å². The van der Waals surface area contributed by atoms with E-state index in [2.05, 4.69) is 16.0 Å². The molecule has 2 heterocycles. The van der Waals surface area contributed by atoms with Crippen LogP contribution >= 0.6 is 0 Å². The first-order valence-corrected chi connectivity index (χ1v) is 8.63. The number of carbonyl (C=O) groups excluding carboxylic acids is 1. The molecule has 0 unspecified atom stereocenters. The molecule has 1 aliphatic rings. The van der Waals surface area contributed by atoms with Crippen molar-refractivity contribution in [3.05, 3.63) is 65.5 Å². The van der Waals surface area contributed by atoms with Crippen LogP contribution in [0.2, 0.25) is 0 Å². The van der Waals surface area contributed by atoms with Crippen LogP contribution in [0.15, 0.2) is 48.7 Å². The van der Waals surface area contributed by atoms with Gasteiger partial charge in [0, 0.05) is 45.3 Å². The topological polar surface area (TPSA) is 60.2 Å². The fourth-order valence-electron chi connectivity index (χ4n) is 3.03. The van der Waals surface area contributed by atoms with Gasteiger partial charge in [-0.15, -0.1) is 0 Å². The summed E-state index contributed by atoms with van der Waals surface area (Å²) in [7, 11) is 0. The van der Waals surface area contributed by atoms with Gasteiger partial charge in [0.25, 0.3) is 0 Å². The molecule has 0 spiro atoms. The van der Waals surface area contributed by atoms with Crippen molar-refractivity contribution in [3.63, 3.8) is 0 Å². The lowest BCUT2D eigenvalue weighted by molar-refractivity contribution is -0.133. The van der Waals surface area contributed by atoms with Crippen LogP contribution in [-0.4, -0.2) is 46.9 Å². The summed E-state index contributed by atoms with van der Waals surface area (Å²) in [6, 6.07) is 15.5. The van der Waals surface area contributed by atoms with Crippen molar-refractivity contribution in [1.29, 1.82) is 5.26 Å². The molecule has 5 nitrogen and oxygen atoms in total. The van der Waals surface area contributed by atoms with Gasteiger partial charge in [0.05, 0.1) is 17.3 Å². The third-order valence-electron chi connectivity index (χ3n) is 4.55. The van der Waals surface area contributed by atoms with Gasteiger partial charge < -0.3 is 4.90 Å². The highest BCUT2D eigenvalue weighted by Crippen LogP contribution is 2.10. The number of nitriles is 1. The molecule has 3 rings (SSSR count). The maximum atomic E-state index is 12.4. The van der Waals surface area contributed by atoms with E-state index in [1.165, 1.54) is 0 Å². The Hall–Kier alpha value is -2.71. The lowest BCUT2D eigenvalue weighted by Crippen LogP contribution is -2.48. The van der Waals surface area contributed by atoms with E-state index >= 15 is 0 Å². The molecule has 0 bridgehead atoms. The van der Waals surface area contributed by atoms with Crippen molar-refractivity contribution in [1.82, 2.24) is 14.8 Å². The van der Waals surface area contributed by atoms with Crippen molar-refractivity contribution >= 4 is 5.91 Å². The molecule has 1 aromatic heterocycles. The molecule has 128 valence electrons. The number of nitrogens with zero attached hydrogens (tertiary/aromatic N) is 4. The summed E-state index contributed by atoms with van der Waals surface area (Å²) >= 11 is 0. The minimum Gasteiger partial charge on any atom is -0.340 e. The zero-order valence-corrected chi connectivity index (χ0v) is 14.3. The smallest absolute Gasteiger partial charge is 0.222 e. The molecule has 1 saturated heterocycles. The van der Waals surface area contributed by atoms with E-state index in [1.807, 2.05) is 41.4 Å². The molecule has 0 aliphatic carbocycles. The maximum absolute atomic E-state index is 12.4. The van der Waals surface area contributed by atoms with Crippen LogP contribution in [0.25, 0.3) is 0 Å². The van der Waals surface area contributed by atoms with E-state index in [0.29, 0.717) is 12.0 Å². The molecule has 25 heavy (non-hydrogen) atoms. The van der Waals surface area contributed by atoms with Crippen molar-refractivity contribution in [2.24, 2.45) is 0 Å². The molecule has 1 amide bonds. The van der Waals surface area contributed by atoms with Gasteiger partial charge in [0.15, 0.2) is 0 Å². The van der Waals surface area contributed by atoms with Gasteiger partial charge in [-0.1, -0.05) is 18.2 Å². The predicted octanol–water partition coefficient (Wildman–Crippen LogP) is 2.23. The molecule has 2 aromatic rings. The van der Waals surface area contributed by atoms with Gasteiger partial charge >= 0.3 is 0 Å². The van der Waals surface area contributed by atoms with Crippen molar-refractivity contribution in [3.8, 4) is 6.07 Å². The Labute approximate surface area is 148 Å². The summed E-state index contributed by atoms with van der Waals surface area (Å²) in [5.41, 5.74) is 2.82. The normalized spacial score (nSPS) is 14.9. The Morgan fingerprint density at radius 3 is 2.48 bits per heavy atom. The molecule has 0 radical (unpaired) electrons. The number of benzene rings is 1. The Balaban J connectivity index is 1.42. The number of aromatic nitrogens is 1. The number of carbonyl (C=O) groups is 1. The number of hydrogen-bond acceptors (Lipinski definition) is 4. The summed E-state index contributed by atoms with van der Waals surface area (Å²) in [6.07, 6.45) is 3.06.